The van der Waals surface area contributed by atoms with Crippen LogP contribution in [0.1, 0.15) is 20.8 Å². The Bertz CT molecular complexity index is 327. The number of allylic oxidation sites excluding steroid dienone is 2. The normalized spacial score (nSPS) is 24.3. The highest BCUT2D eigenvalue weighted by Gasteiger charge is 2.28. The van der Waals surface area contributed by atoms with Crippen LogP contribution in [0.3, 0.4) is 0 Å². The van der Waals surface area contributed by atoms with Gasteiger partial charge in [-0.3, -0.25) is 9.59 Å². The van der Waals surface area contributed by atoms with Gasteiger partial charge < -0.3 is 9.47 Å². The van der Waals surface area contributed by atoms with Gasteiger partial charge in [0.2, 0.25) is 0 Å². The van der Waals surface area contributed by atoms with Crippen LogP contribution in [0, 0.1) is 0 Å². The number of carbonyl (C=O) groups excluding carboxylic acids is 2. The minimum absolute atomic E-state index is 0.389. The summed E-state index contributed by atoms with van der Waals surface area (Å²) in [5.41, 5.74) is 0.860. The third kappa shape index (κ3) is 3.23. The van der Waals surface area contributed by atoms with Gasteiger partial charge in [-0.25, -0.2) is 0 Å². The lowest BCUT2D eigenvalue weighted by atomic mass is 10.0. The molecule has 1 rings (SSSR count). The summed E-state index contributed by atoms with van der Waals surface area (Å²) in [5.74, 6) is -0.781. The molecule has 1 aliphatic carbocycles. The Morgan fingerprint density at radius 2 is 1.80 bits per heavy atom. The molecule has 0 spiro atoms. The van der Waals surface area contributed by atoms with Gasteiger partial charge in [0, 0.05) is 13.8 Å². The van der Waals surface area contributed by atoms with E-state index in [1.807, 2.05) is 13.0 Å². The van der Waals surface area contributed by atoms with Gasteiger partial charge in [0.1, 0.15) is 0 Å². The van der Waals surface area contributed by atoms with Crippen LogP contribution in [0.15, 0.2) is 23.8 Å². The van der Waals surface area contributed by atoms with Crippen LogP contribution in [0.5, 0.6) is 0 Å². The Kier molecular flexibility index (Phi) is 3.66. The standard InChI is InChI=1S/C11H14O4/c1-7-5-4-6-10(14-8(2)12)11(7)15-9(3)13/h4-6,10-11H,1-3H3/t10-,11+/m1/s1. The maximum atomic E-state index is 10.9. The number of esters is 2. The zero-order chi connectivity index (χ0) is 11.4. The molecule has 0 heterocycles. The van der Waals surface area contributed by atoms with Crippen LogP contribution in [-0.2, 0) is 19.1 Å². The number of hydrogen-bond donors (Lipinski definition) is 0. The molecule has 15 heavy (non-hydrogen) atoms. The fourth-order valence-corrected chi connectivity index (χ4v) is 1.40. The molecular formula is C11H14O4. The molecule has 0 aliphatic heterocycles. The topological polar surface area (TPSA) is 52.6 Å². The predicted molar refractivity (Wildman–Crippen MR) is 54.0 cm³/mol. The van der Waals surface area contributed by atoms with Gasteiger partial charge in [0.15, 0.2) is 12.2 Å². The number of rotatable bonds is 2. The van der Waals surface area contributed by atoms with E-state index in [2.05, 4.69) is 0 Å². The zero-order valence-electron chi connectivity index (χ0n) is 9.02. The van der Waals surface area contributed by atoms with Crippen molar-refractivity contribution in [3.05, 3.63) is 23.8 Å². The van der Waals surface area contributed by atoms with Crippen molar-refractivity contribution in [1.29, 1.82) is 0 Å². The van der Waals surface area contributed by atoms with E-state index in [-0.39, 0.29) is 5.97 Å². The molecule has 0 aromatic rings. The maximum absolute atomic E-state index is 10.9. The SMILES string of the molecule is CC(=O)O[C@@H]1C=CC=C(C)[C@@H]1OC(C)=O. The largest absolute Gasteiger partial charge is 0.454 e. The third-order valence-electron chi connectivity index (χ3n) is 2.00. The molecule has 0 N–H and O–H groups in total. The van der Waals surface area contributed by atoms with Gasteiger partial charge in [-0.2, -0.15) is 0 Å². The summed E-state index contributed by atoms with van der Waals surface area (Å²) >= 11 is 0. The smallest absolute Gasteiger partial charge is 0.303 e. The molecule has 1 aliphatic rings. The van der Waals surface area contributed by atoms with Crippen LogP contribution in [-0.4, -0.2) is 24.1 Å². The lowest BCUT2D eigenvalue weighted by Crippen LogP contribution is -2.35. The Hall–Kier alpha value is -1.58. The molecule has 0 saturated heterocycles. The first-order valence-electron chi connectivity index (χ1n) is 4.70. The summed E-state index contributed by atoms with van der Waals surface area (Å²) < 4.78 is 10.1. The quantitative estimate of drug-likeness (QED) is 0.646. The van der Waals surface area contributed by atoms with Crippen LogP contribution in [0.4, 0.5) is 0 Å². The molecule has 4 heteroatoms. The van der Waals surface area contributed by atoms with Crippen molar-refractivity contribution in [3.8, 4) is 0 Å². The molecule has 82 valence electrons. The summed E-state index contributed by atoms with van der Waals surface area (Å²) in [7, 11) is 0. The molecule has 2 atom stereocenters. The highest BCUT2D eigenvalue weighted by Crippen LogP contribution is 2.19. The minimum atomic E-state index is -0.517. The molecule has 0 amide bonds. The monoisotopic (exact) mass is 210 g/mol. The van der Waals surface area contributed by atoms with E-state index in [0.29, 0.717) is 0 Å². The Morgan fingerprint density at radius 3 is 2.33 bits per heavy atom. The molecule has 0 fully saturated rings. The van der Waals surface area contributed by atoms with Gasteiger partial charge in [-0.05, 0) is 18.6 Å². The van der Waals surface area contributed by atoms with Crippen molar-refractivity contribution in [1.82, 2.24) is 0 Å². The fourth-order valence-electron chi connectivity index (χ4n) is 1.40. The van der Waals surface area contributed by atoms with Gasteiger partial charge in [-0.15, -0.1) is 0 Å². The van der Waals surface area contributed by atoms with Crippen molar-refractivity contribution >= 4 is 11.9 Å². The van der Waals surface area contributed by atoms with Gasteiger partial charge >= 0.3 is 11.9 Å². The summed E-state index contributed by atoms with van der Waals surface area (Å²) in [4.78, 5) is 21.7. The van der Waals surface area contributed by atoms with E-state index in [9.17, 15) is 9.59 Å². The first-order chi connectivity index (χ1) is 7.00. The van der Waals surface area contributed by atoms with Crippen molar-refractivity contribution in [2.75, 3.05) is 0 Å². The van der Waals surface area contributed by atoms with Crippen molar-refractivity contribution in [2.45, 2.75) is 33.0 Å². The minimum Gasteiger partial charge on any atom is -0.454 e. The van der Waals surface area contributed by atoms with E-state index >= 15 is 0 Å². The van der Waals surface area contributed by atoms with E-state index in [4.69, 9.17) is 9.47 Å². The molecule has 0 saturated carbocycles. The fraction of sp³-hybridized carbons (Fsp3) is 0.455. The van der Waals surface area contributed by atoms with Crippen molar-refractivity contribution in [2.24, 2.45) is 0 Å². The van der Waals surface area contributed by atoms with Gasteiger partial charge in [-0.1, -0.05) is 12.2 Å². The van der Waals surface area contributed by atoms with E-state index in [0.717, 1.165) is 5.57 Å². The predicted octanol–water partition coefficient (Wildman–Crippen LogP) is 1.37. The summed E-state index contributed by atoms with van der Waals surface area (Å²) in [5, 5.41) is 0. The average molecular weight is 210 g/mol. The Morgan fingerprint density at radius 1 is 1.20 bits per heavy atom. The lowest BCUT2D eigenvalue weighted by molar-refractivity contribution is -0.159. The van der Waals surface area contributed by atoms with Crippen LogP contribution < -0.4 is 0 Å². The molecule has 0 aromatic heterocycles. The number of hydrogen-bond acceptors (Lipinski definition) is 4. The molecule has 4 nitrogen and oxygen atoms in total. The summed E-state index contributed by atoms with van der Waals surface area (Å²) in [6.45, 7) is 4.48. The van der Waals surface area contributed by atoms with E-state index < -0.39 is 18.2 Å². The number of carbonyl (C=O) groups is 2. The second-order valence-electron chi connectivity index (χ2n) is 3.40. The van der Waals surface area contributed by atoms with E-state index in [1.54, 1.807) is 12.2 Å². The molecule has 0 radical (unpaired) electrons. The average Bonchev–Trinajstić information content (AvgIpc) is 2.09. The number of ether oxygens (including phenoxy) is 2. The van der Waals surface area contributed by atoms with Crippen LogP contribution >= 0.6 is 0 Å². The second kappa shape index (κ2) is 4.77. The maximum Gasteiger partial charge on any atom is 0.303 e. The lowest BCUT2D eigenvalue weighted by Gasteiger charge is -2.26. The second-order valence-corrected chi connectivity index (χ2v) is 3.40. The van der Waals surface area contributed by atoms with Gasteiger partial charge in [0.25, 0.3) is 0 Å². The summed E-state index contributed by atoms with van der Waals surface area (Å²) in [6, 6.07) is 0. The zero-order valence-corrected chi connectivity index (χ0v) is 9.02. The molecular weight excluding hydrogens is 196 g/mol. The summed E-state index contributed by atoms with van der Waals surface area (Å²) in [6.07, 6.45) is 4.28. The van der Waals surface area contributed by atoms with Crippen LogP contribution in [0.25, 0.3) is 0 Å². The first kappa shape index (κ1) is 11.5. The first-order valence-corrected chi connectivity index (χ1v) is 4.70. The molecule has 0 unspecified atom stereocenters. The Labute approximate surface area is 88.6 Å². The third-order valence-corrected chi connectivity index (χ3v) is 2.00. The highest BCUT2D eigenvalue weighted by atomic mass is 16.6. The highest BCUT2D eigenvalue weighted by molar-refractivity contribution is 5.68. The molecule has 0 aromatic carbocycles. The van der Waals surface area contributed by atoms with E-state index in [1.165, 1.54) is 13.8 Å². The van der Waals surface area contributed by atoms with Crippen molar-refractivity contribution < 1.29 is 19.1 Å². The Balaban J connectivity index is 2.76. The van der Waals surface area contributed by atoms with Crippen LogP contribution in [0.2, 0.25) is 0 Å². The van der Waals surface area contributed by atoms with Gasteiger partial charge in [0.05, 0.1) is 0 Å². The van der Waals surface area contributed by atoms with Crippen molar-refractivity contribution in [3.63, 3.8) is 0 Å². The molecule has 0 bridgehead atoms.